The lowest BCUT2D eigenvalue weighted by Gasteiger charge is -2.00. The molecule has 0 bridgehead atoms. The zero-order valence-electron chi connectivity index (χ0n) is 6.04. The molecule has 1 rings (SSSR count). The van der Waals surface area contributed by atoms with Gasteiger partial charge in [-0.15, -0.1) is 11.8 Å². The van der Waals surface area contributed by atoms with Crippen LogP contribution in [0.5, 0.6) is 0 Å². The van der Waals surface area contributed by atoms with Crippen LogP contribution in [0.15, 0.2) is 11.2 Å². The Morgan fingerprint density at radius 2 is 2.45 bits per heavy atom. The van der Waals surface area contributed by atoms with Crippen LogP contribution in [0.1, 0.15) is 6.92 Å². The minimum atomic E-state index is 0.246. The molecule has 2 N–H and O–H groups in total. The molecule has 1 aromatic rings. The zero-order chi connectivity index (χ0) is 8.27. The van der Waals surface area contributed by atoms with Crippen LogP contribution in [-0.2, 0) is 0 Å². The molecule has 1 heterocycles. The van der Waals surface area contributed by atoms with E-state index in [0.717, 1.165) is 10.8 Å². The summed E-state index contributed by atoms with van der Waals surface area (Å²) < 4.78 is 0. The molecule has 0 fully saturated rings. The van der Waals surface area contributed by atoms with Gasteiger partial charge in [-0.05, 0) is 17.4 Å². The van der Waals surface area contributed by atoms with Crippen molar-refractivity contribution in [1.82, 2.24) is 9.97 Å². The molecule has 0 unspecified atom stereocenters. The standard InChI is InChI=1S/C6H8ClN3S/c1-2-11-5-4(8)3-9-6(7)10-5/h3H,2,8H2,1H3. The predicted octanol–water partition coefficient (Wildman–Crippen LogP) is 1.82. The summed E-state index contributed by atoms with van der Waals surface area (Å²) in [6.07, 6.45) is 1.52. The van der Waals surface area contributed by atoms with Crippen LogP contribution < -0.4 is 5.73 Å². The highest BCUT2D eigenvalue weighted by atomic mass is 35.5. The topological polar surface area (TPSA) is 51.8 Å². The third-order valence-electron chi connectivity index (χ3n) is 1.03. The number of halogens is 1. The van der Waals surface area contributed by atoms with Gasteiger partial charge in [0.25, 0.3) is 0 Å². The summed E-state index contributed by atoms with van der Waals surface area (Å²) in [5, 5.41) is 1.00. The summed E-state index contributed by atoms with van der Waals surface area (Å²) >= 11 is 7.12. The lowest BCUT2D eigenvalue weighted by Crippen LogP contribution is -1.94. The van der Waals surface area contributed by atoms with Gasteiger partial charge in [-0.2, -0.15) is 0 Å². The number of aromatic nitrogens is 2. The molecule has 0 saturated heterocycles. The molecule has 0 atom stereocenters. The number of hydrogen-bond acceptors (Lipinski definition) is 4. The first-order valence-corrected chi connectivity index (χ1v) is 4.51. The van der Waals surface area contributed by atoms with Crippen LogP contribution in [0.2, 0.25) is 5.28 Å². The van der Waals surface area contributed by atoms with Crippen LogP contribution in [-0.4, -0.2) is 15.7 Å². The first-order valence-electron chi connectivity index (χ1n) is 3.15. The average molecular weight is 190 g/mol. The number of anilines is 1. The van der Waals surface area contributed by atoms with E-state index in [0.29, 0.717) is 5.69 Å². The fourth-order valence-corrected chi connectivity index (χ4v) is 1.43. The molecule has 3 nitrogen and oxygen atoms in total. The molecule has 0 aliphatic carbocycles. The Hall–Kier alpha value is -0.480. The number of rotatable bonds is 2. The zero-order valence-corrected chi connectivity index (χ0v) is 7.61. The molecule has 0 saturated carbocycles. The largest absolute Gasteiger partial charge is 0.395 e. The van der Waals surface area contributed by atoms with E-state index >= 15 is 0 Å². The molecule has 11 heavy (non-hydrogen) atoms. The number of nitrogens with zero attached hydrogens (tertiary/aromatic N) is 2. The minimum Gasteiger partial charge on any atom is -0.395 e. The van der Waals surface area contributed by atoms with Gasteiger partial charge in [0.15, 0.2) is 0 Å². The summed E-state index contributed by atoms with van der Waals surface area (Å²) in [7, 11) is 0. The smallest absolute Gasteiger partial charge is 0.223 e. The van der Waals surface area contributed by atoms with Crippen molar-refractivity contribution in [2.24, 2.45) is 0 Å². The second kappa shape index (κ2) is 3.78. The number of thioether (sulfide) groups is 1. The van der Waals surface area contributed by atoms with Crippen LogP contribution in [0.4, 0.5) is 5.69 Å². The fourth-order valence-electron chi connectivity index (χ4n) is 0.608. The monoisotopic (exact) mass is 189 g/mol. The molecule has 5 heteroatoms. The van der Waals surface area contributed by atoms with Crippen molar-refractivity contribution in [3.8, 4) is 0 Å². The molecular weight excluding hydrogens is 182 g/mol. The van der Waals surface area contributed by atoms with Crippen molar-refractivity contribution >= 4 is 29.1 Å². The van der Waals surface area contributed by atoms with Gasteiger partial charge in [-0.3, -0.25) is 0 Å². The van der Waals surface area contributed by atoms with Gasteiger partial charge in [0.1, 0.15) is 5.03 Å². The van der Waals surface area contributed by atoms with E-state index in [1.807, 2.05) is 6.92 Å². The molecule has 1 aromatic heterocycles. The SMILES string of the molecule is CCSc1nc(Cl)ncc1N. The molecular formula is C6H8ClN3S. The second-order valence-corrected chi connectivity index (χ2v) is 3.42. The van der Waals surface area contributed by atoms with Crippen molar-refractivity contribution in [2.75, 3.05) is 11.5 Å². The Kier molecular flexibility index (Phi) is 2.96. The molecule has 0 amide bonds. The Morgan fingerprint density at radius 3 is 3.09 bits per heavy atom. The third-order valence-corrected chi connectivity index (χ3v) is 2.10. The fraction of sp³-hybridized carbons (Fsp3) is 0.333. The summed E-state index contributed by atoms with van der Waals surface area (Å²) in [5.41, 5.74) is 6.16. The number of nitrogen functional groups attached to an aromatic ring is 1. The second-order valence-electron chi connectivity index (χ2n) is 1.83. The first-order chi connectivity index (χ1) is 5.24. The Balaban J connectivity index is 2.93. The summed E-state index contributed by atoms with van der Waals surface area (Å²) in [4.78, 5) is 7.69. The molecule has 0 spiro atoms. The van der Waals surface area contributed by atoms with Gasteiger partial charge in [0.05, 0.1) is 11.9 Å². The van der Waals surface area contributed by atoms with Crippen LogP contribution in [0.25, 0.3) is 0 Å². The van der Waals surface area contributed by atoms with Gasteiger partial charge in [-0.1, -0.05) is 6.92 Å². The number of nitrogens with two attached hydrogens (primary N) is 1. The van der Waals surface area contributed by atoms with Gasteiger partial charge < -0.3 is 5.73 Å². The van der Waals surface area contributed by atoms with E-state index in [9.17, 15) is 0 Å². The maximum atomic E-state index is 5.57. The molecule has 60 valence electrons. The maximum Gasteiger partial charge on any atom is 0.223 e. The first kappa shape index (κ1) is 8.62. The summed E-state index contributed by atoms with van der Waals surface area (Å²) in [5.74, 6) is 0.928. The molecule has 0 aliphatic heterocycles. The maximum absolute atomic E-state index is 5.57. The molecule has 0 aromatic carbocycles. The van der Waals surface area contributed by atoms with E-state index in [1.54, 1.807) is 11.8 Å². The normalized spacial score (nSPS) is 10.0. The summed E-state index contributed by atoms with van der Waals surface area (Å²) in [6, 6.07) is 0. The van der Waals surface area contributed by atoms with Crippen LogP contribution >= 0.6 is 23.4 Å². The lowest BCUT2D eigenvalue weighted by molar-refractivity contribution is 1.06. The predicted molar refractivity (Wildman–Crippen MR) is 47.9 cm³/mol. The minimum absolute atomic E-state index is 0.246. The third kappa shape index (κ3) is 2.24. The molecule has 0 radical (unpaired) electrons. The highest BCUT2D eigenvalue weighted by molar-refractivity contribution is 7.99. The van der Waals surface area contributed by atoms with Crippen molar-refractivity contribution in [2.45, 2.75) is 11.9 Å². The quantitative estimate of drug-likeness (QED) is 0.438. The Morgan fingerprint density at radius 1 is 1.73 bits per heavy atom. The van der Waals surface area contributed by atoms with Crippen LogP contribution in [0.3, 0.4) is 0 Å². The van der Waals surface area contributed by atoms with E-state index < -0.39 is 0 Å². The average Bonchev–Trinajstić information content (AvgIpc) is 1.98. The Labute approximate surface area is 74.4 Å². The van der Waals surface area contributed by atoms with Crippen molar-refractivity contribution < 1.29 is 0 Å². The van der Waals surface area contributed by atoms with E-state index in [2.05, 4.69) is 9.97 Å². The number of hydrogen-bond donors (Lipinski definition) is 1. The van der Waals surface area contributed by atoms with Gasteiger partial charge >= 0.3 is 0 Å². The van der Waals surface area contributed by atoms with Gasteiger partial charge in [0.2, 0.25) is 5.28 Å². The Bertz CT molecular complexity index is 254. The van der Waals surface area contributed by atoms with Gasteiger partial charge in [0, 0.05) is 0 Å². The van der Waals surface area contributed by atoms with Crippen molar-refractivity contribution in [1.29, 1.82) is 0 Å². The van der Waals surface area contributed by atoms with Crippen LogP contribution in [0, 0.1) is 0 Å². The lowest BCUT2D eigenvalue weighted by atomic mass is 10.6. The van der Waals surface area contributed by atoms with Crippen molar-refractivity contribution in [3.05, 3.63) is 11.5 Å². The highest BCUT2D eigenvalue weighted by Gasteiger charge is 2.01. The highest BCUT2D eigenvalue weighted by Crippen LogP contribution is 2.22. The van der Waals surface area contributed by atoms with Crippen molar-refractivity contribution in [3.63, 3.8) is 0 Å². The van der Waals surface area contributed by atoms with E-state index in [4.69, 9.17) is 17.3 Å². The van der Waals surface area contributed by atoms with E-state index in [-0.39, 0.29) is 5.28 Å². The molecule has 0 aliphatic rings. The van der Waals surface area contributed by atoms with Gasteiger partial charge in [-0.25, -0.2) is 9.97 Å². The van der Waals surface area contributed by atoms with E-state index in [1.165, 1.54) is 6.20 Å². The summed E-state index contributed by atoms with van der Waals surface area (Å²) in [6.45, 7) is 2.03.